The van der Waals surface area contributed by atoms with Crippen molar-refractivity contribution in [1.29, 1.82) is 0 Å². The van der Waals surface area contributed by atoms with Gasteiger partial charge in [-0.15, -0.1) is 0 Å². The van der Waals surface area contributed by atoms with E-state index in [4.69, 9.17) is 38.9 Å². The van der Waals surface area contributed by atoms with Crippen LogP contribution in [0.3, 0.4) is 0 Å². The number of H-pyrrole nitrogens is 1. The van der Waals surface area contributed by atoms with Crippen LogP contribution in [0.25, 0.3) is 21.8 Å². The molecule has 3 N–H and O–H groups in total. The number of anilines is 4. The number of alkyl halides is 1. The first-order valence-corrected chi connectivity index (χ1v) is 23.6. The topological polar surface area (TPSA) is 188 Å². The van der Waals surface area contributed by atoms with Gasteiger partial charge in [-0.05, 0) is 105 Å². The van der Waals surface area contributed by atoms with Crippen molar-refractivity contribution < 1.29 is 28.5 Å². The molecular formula is C50H51BrN12O6. The molecule has 3 aromatic heterocycles. The highest BCUT2D eigenvalue weighted by Gasteiger charge is 2.26. The number of halogens is 1. The molecule has 354 valence electrons. The fourth-order valence-corrected chi connectivity index (χ4v) is 7.94. The number of likely N-dealkylation sites (N-methyl/N-ethyl adjacent to an activating group) is 2. The lowest BCUT2D eigenvalue weighted by Gasteiger charge is -2.38. The summed E-state index contributed by atoms with van der Waals surface area (Å²) in [6, 6.07) is 25.6. The van der Waals surface area contributed by atoms with Gasteiger partial charge in [-0.3, -0.25) is 14.5 Å². The van der Waals surface area contributed by atoms with Gasteiger partial charge < -0.3 is 49.3 Å². The van der Waals surface area contributed by atoms with Gasteiger partial charge in [0.05, 0.1) is 39.7 Å². The number of amides is 2. The molecule has 69 heavy (non-hydrogen) atoms. The fourth-order valence-electron chi connectivity index (χ4n) is 7.80. The van der Waals surface area contributed by atoms with E-state index >= 15 is 0 Å². The summed E-state index contributed by atoms with van der Waals surface area (Å²) in [5.41, 5.74) is 3.11. The first-order valence-electron chi connectivity index (χ1n) is 22.4. The standard InChI is InChI=1S/C50H51BrN12O6/c1-4-25-66-47-40-27-38(69-37-13-9-34(10-14-37)55-46(65)44-30-52-32-53-44)16-18-43(40)57-50(59-47)63-24-21-61(3)35(31-63)6-5-26-67-48-41-28-39(68-36-11-7-33(8-12-36)54-45(64)29-51)15-17-42(41)56-49(58-48)62-22-19-60(2)20-23-62/h4-18,27-28,30,32,35H,1,19-26,29,31H2,2-3H3,(H,52,53)(H,54,64)(H,55,65)/b6-5-. The van der Waals surface area contributed by atoms with Crippen molar-refractivity contribution in [3.63, 3.8) is 0 Å². The highest BCUT2D eigenvalue weighted by atomic mass is 79.9. The van der Waals surface area contributed by atoms with Gasteiger partial charge in [0.15, 0.2) is 0 Å². The Morgan fingerprint density at radius 3 is 1.87 bits per heavy atom. The van der Waals surface area contributed by atoms with Crippen LogP contribution in [0.4, 0.5) is 23.3 Å². The minimum Gasteiger partial charge on any atom is -0.473 e. The summed E-state index contributed by atoms with van der Waals surface area (Å²) < 4.78 is 25.0. The third-order valence-corrected chi connectivity index (χ3v) is 12.1. The van der Waals surface area contributed by atoms with E-state index in [2.05, 4.69) is 82.9 Å². The number of carbonyl (C=O) groups is 2. The number of fused-ring (bicyclic) bond motifs is 2. The number of hydrogen-bond donors (Lipinski definition) is 3. The third-order valence-electron chi connectivity index (χ3n) is 11.6. The Labute approximate surface area is 407 Å². The van der Waals surface area contributed by atoms with Crippen LogP contribution in [0.15, 0.2) is 122 Å². The molecule has 2 fully saturated rings. The van der Waals surface area contributed by atoms with Crippen molar-refractivity contribution in [3.05, 3.63) is 128 Å². The predicted octanol–water partition coefficient (Wildman–Crippen LogP) is 7.54. The Hall–Kier alpha value is -7.61. The number of nitrogens with one attached hydrogen (secondary N) is 3. The Bertz CT molecular complexity index is 2950. The zero-order valence-corrected chi connectivity index (χ0v) is 39.8. The van der Waals surface area contributed by atoms with Crippen molar-refractivity contribution in [3.8, 4) is 34.8 Å². The normalized spacial score (nSPS) is 15.6. The van der Waals surface area contributed by atoms with Crippen LogP contribution in [0.1, 0.15) is 10.5 Å². The molecule has 19 heteroatoms. The number of aromatic nitrogens is 6. The van der Waals surface area contributed by atoms with Gasteiger partial charge in [0.25, 0.3) is 5.91 Å². The molecule has 4 aromatic carbocycles. The second-order valence-electron chi connectivity index (χ2n) is 16.5. The molecule has 18 nitrogen and oxygen atoms in total. The molecule has 0 aliphatic carbocycles. The molecule has 2 saturated heterocycles. The number of hydrogen-bond acceptors (Lipinski definition) is 15. The highest BCUT2D eigenvalue weighted by Crippen LogP contribution is 2.34. The number of carbonyl (C=O) groups excluding carboxylic acids is 2. The minimum absolute atomic E-state index is 0.0300. The zero-order chi connectivity index (χ0) is 47.7. The number of imidazole rings is 1. The maximum absolute atomic E-state index is 12.4. The lowest BCUT2D eigenvalue weighted by atomic mass is 10.1. The zero-order valence-electron chi connectivity index (χ0n) is 38.2. The summed E-state index contributed by atoms with van der Waals surface area (Å²) in [7, 11) is 4.22. The first-order chi connectivity index (χ1) is 33.7. The van der Waals surface area contributed by atoms with E-state index in [0.717, 1.165) is 43.6 Å². The SMILES string of the molecule is C=CCOc1nc(N2CCN(C)C(/C=C\COc3nc(N4CCN(C)CC4)nc4ccc(Oc5ccc(NC(=O)CBr)cc5)cc34)C2)nc2ccc(Oc3ccc(NC(=O)c4cnc[nH]4)cc3)cc12. The van der Waals surface area contributed by atoms with Crippen LogP contribution in [-0.2, 0) is 4.79 Å². The quantitative estimate of drug-likeness (QED) is 0.0599. The largest absolute Gasteiger partial charge is 0.473 e. The second-order valence-corrected chi connectivity index (χ2v) is 17.1. The molecule has 9 rings (SSSR count). The van der Waals surface area contributed by atoms with Gasteiger partial charge in [0, 0.05) is 63.2 Å². The molecule has 7 aromatic rings. The van der Waals surface area contributed by atoms with E-state index in [1.54, 1.807) is 54.6 Å². The van der Waals surface area contributed by atoms with Crippen LogP contribution in [0, 0.1) is 0 Å². The van der Waals surface area contributed by atoms with Crippen LogP contribution < -0.4 is 39.4 Å². The number of ether oxygens (including phenoxy) is 4. The van der Waals surface area contributed by atoms with Crippen LogP contribution in [-0.4, -0.2) is 136 Å². The Kier molecular flexibility index (Phi) is 14.5. The predicted molar refractivity (Wildman–Crippen MR) is 270 cm³/mol. The summed E-state index contributed by atoms with van der Waals surface area (Å²) in [5, 5.41) is 7.29. The number of rotatable bonds is 17. The number of aromatic amines is 1. The minimum atomic E-state index is -0.290. The average molecular weight is 996 g/mol. The van der Waals surface area contributed by atoms with Crippen molar-refractivity contribution in [2.75, 3.05) is 98.9 Å². The Morgan fingerprint density at radius 1 is 0.725 bits per heavy atom. The summed E-state index contributed by atoms with van der Waals surface area (Å²) in [4.78, 5) is 59.7. The van der Waals surface area contributed by atoms with Crippen molar-refractivity contribution in [2.24, 2.45) is 0 Å². The Morgan fingerprint density at radius 2 is 1.29 bits per heavy atom. The number of nitrogens with zero attached hydrogens (tertiary/aromatic N) is 9. The van der Waals surface area contributed by atoms with Crippen LogP contribution >= 0.6 is 15.9 Å². The summed E-state index contributed by atoms with van der Waals surface area (Å²) in [6.07, 6.45) is 8.77. The molecule has 0 spiro atoms. The molecule has 0 radical (unpaired) electrons. The van der Waals surface area contributed by atoms with Crippen molar-refractivity contribution >= 4 is 72.8 Å². The van der Waals surface area contributed by atoms with E-state index in [1.165, 1.54) is 12.5 Å². The molecule has 1 atom stereocenters. The van der Waals surface area contributed by atoms with Gasteiger partial charge in [0.1, 0.15) is 41.9 Å². The molecule has 2 amide bonds. The van der Waals surface area contributed by atoms with Gasteiger partial charge in [-0.1, -0.05) is 34.7 Å². The molecular weight excluding hydrogens is 945 g/mol. The van der Waals surface area contributed by atoms with Gasteiger partial charge in [-0.25, -0.2) is 15.0 Å². The third kappa shape index (κ3) is 11.6. The van der Waals surface area contributed by atoms with E-state index in [-0.39, 0.29) is 36.4 Å². The van der Waals surface area contributed by atoms with Crippen molar-refractivity contribution in [2.45, 2.75) is 6.04 Å². The number of piperazine rings is 2. The number of benzene rings is 4. The molecule has 1 unspecified atom stereocenters. The summed E-state index contributed by atoms with van der Waals surface area (Å²) in [6.45, 7) is 9.95. The average Bonchev–Trinajstić information content (AvgIpc) is 3.92. The van der Waals surface area contributed by atoms with Crippen molar-refractivity contribution in [1.82, 2.24) is 39.7 Å². The van der Waals surface area contributed by atoms with Gasteiger partial charge in [0.2, 0.25) is 29.6 Å². The van der Waals surface area contributed by atoms with E-state index < -0.39 is 0 Å². The van der Waals surface area contributed by atoms with E-state index in [1.807, 2.05) is 42.5 Å². The smallest absolute Gasteiger partial charge is 0.273 e. The van der Waals surface area contributed by atoms with E-state index in [9.17, 15) is 9.59 Å². The monoisotopic (exact) mass is 994 g/mol. The lowest BCUT2D eigenvalue weighted by molar-refractivity contribution is -0.113. The maximum Gasteiger partial charge on any atom is 0.273 e. The second kappa shape index (κ2) is 21.6. The first kappa shape index (κ1) is 46.5. The van der Waals surface area contributed by atoms with E-state index in [0.29, 0.717) is 87.7 Å². The summed E-state index contributed by atoms with van der Waals surface area (Å²) in [5.74, 6) is 4.02. The van der Waals surface area contributed by atoms with Crippen LogP contribution in [0.2, 0.25) is 0 Å². The highest BCUT2D eigenvalue weighted by molar-refractivity contribution is 9.09. The molecule has 0 bridgehead atoms. The maximum atomic E-state index is 12.4. The Balaban J connectivity index is 0.886. The van der Waals surface area contributed by atoms with Gasteiger partial charge in [-0.2, -0.15) is 9.97 Å². The lowest BCUT2D eigenvalue weighted by Crippen LogP contribution is -2.51. The molecule has 0 saturated carbocycles. The molecule has 2 aliphatic heterocycles. The van der Waals surface area contributed by atoms with Gasteiger partial charge >= 0.3 is 0 Å². The van der Waals surface area contributed by atoms with Crippen LogP contribution in [0.5, 0.6) is 34.8 Å². The molecule has 5 heterocycles. The molecule has 2 aliphatic rings. The fraction of sp³-hybridized carbons (Fsp3) is 0.260. The summed E-state index contributed by atoms with van der Waals surface area (Å²) >= 11 is 3.18.